The molecular formula is C12H13N3O. The molecule has 82 valence electrons. The van der Waals surface area contributed by atoms with Crippen LogP contribution in [0, 0.1) is 0 Å². The Morgan fingerprint density at radius 3 is 3.06 bits per heavy atom. The Morgan fingerprint density at radius 1 is 1.44 bits per heavy atom. The number of aromatic nitrogens is 1. The van der Waals surface area contributed by atoms with Crippen LogP contribution in [0.25, 0.3) is 11.3 Å². The van der Waals surface area contributed by atoms with E-state index < -0.39 is 0 Å². The molecule has 0 aliphatic carbocycles. The standard InChI is InChI=1S/C12H13N3O/c1-15-6-5-9-8(3-2-4-11(9)15)10-7-12(13)16-14-10/h2-4,7H,5-6,13H2,1H3. The van der Waals surface area contributed by atoms with Crippen LogP contribution in [0.2, 0.25) is 0 Å². The van der Waals surface area contributed by atoms with E-state index in [0.29, 0.717) is 5.88 Å². The molecule has 1 aliphatic heterocycles. The maximum atomic E-state index is 5.55. The molecule has 0 spiro atoms. The zero-order valence-electron chi connectivity index (χ0n) is 9.10. The topological polar surface area (TPSA) is 55.3 Å². The predicted molar refractivity (Wildman–Crippen MR) is 63.3 cm³/mol. The Kier molecular flexibility index (Phi) is 1.89. The van der Waals surface area contributed by atoms with Crippen molar-refractivity contribution >= 4 is 11.6 Å². The minimum absolute atomic E-state index is 0.360. The number of fused-ring (bicyclic) bond motifs is 1. The first kappa shape index (κ1) is 9.27. The highest BCUT2D eigenvalue weighted by Gasteiger charge is 2.20. The fraction of sp³-hybridized carbons (Fsp3) is 0.250. The predicted octanol–water partition coefficient (Wildman–Crippen LogP) is 1.92. The van der Waals surface area contributed by atoms with Crippen molar-refractivity contribution in [2.75, 3.05) is 24.2 Å². The Morgan fingerprint density at radius 2 is 2.31 bits per heavy atom. The van der Waals surface area contributed by atoms with E-state index in [1.807, 2.05) is 6.07 Å². The minimum Gasteiger partial charge on any atom is -0.374 e. The third-order valence-electron chi connectivity index (χ3n) is 3.06. The summed E-state index contributed by atoms with van der Waals surface area (Å²) < 4.78 is 4.92. The van der Waals surface area contributed by atoms with Crippen LogP contribution in [0.5, 0.6) is 0 Å². The molecule has 1 aromatic heterocycles. The molecule has 2 N–H and O–H groups in total. The van der Waals surface area contributed by atoms with Gasteiger partial charge >= 0.3 is 0 Å². The molecule has 2 aromatic rings. The van der Waals surface area contributed by atoms with Gasteiger partial charge in [-0.05, 0) is 18.1 Å². The van der Waals surface area contributed by atoms with Crippen LogP contribution in [-0.2, 0) is 6.42 Å². The Balaban J connectivity index is 2.16. The van der Waals surface area contributed by atoms with E-state index in [1.54, 1.807) is 6.07 Å². The average molecular weight is 215 g/mol. The van der Waals surface area contributed by atoms with Crippen molar-refractivity contribution in [1.29, 1.82) is 0 Å². The zero-order chi connectivity index (χ0) is 11.1. The first-order valence-electron chi connectivity index (χ1n) is 5.31. The van der Waals surface area contributed by atoms with E-state index in [4.69, 9.17) is 10.3 Å². The van der Waals surface area contributed by atoms with E-state index in [9.17, 15) is 0 Å². The van der Waals surface area contributed by atoms with Crippen LogP contribution in [0.15, 0.2) is 28.8 Å². The fourth-order valence-corrected chi connectivity index (χ4v) is 2.25. The van der Waals surface area contributed by atoms with Gasteiger partial charge < -0.3 is 15.2 Å². The molecule has 1 aliphatic rings. The quantitative estimate of drug-likeness (QED) is 0.789. The first-order valence-corrected chi connectivity index (χ1v) is 5.31. The van der Waals surface area contributed by atoms with E-state index >= 15 is 0 Å². The lowest BCUT2D eigenvalue weighted by atomic mass is 10.0. The highest BCUT2D eigenvalue weighted by molar-refractivity contribution is 5.75. The van der Waals surface area contributed by atoms with Crippen molar-refractivity contribution in [1.82, 2.24) is 5.16 Å². The molecule has 0 unspecified atom stereocenters. The summed E-state index contributed by atoms with van der Waals surface area (Å²) in [5.41, 5.74) is 10.1. The summed E-state index contributed by atoms with van der Waals surface area (Å²) in [6, 6.07) is 8.01. The maximum Gasteiger partial charge on any atom is 0.222 e. The van der Waals surface area contributed by atoms with Crippen LogP contribution in [0.1, 0.15) is 5.56 Å². The number of nitrogen functional groups attached to an aromatic ring is 1. The Labute approximate surface area is 93.6 Å². The monoisotopic (exact) mass is 215 g/mol. The number of hydrogen-bond acceptors (Lipinski definition) is 4. The van der Waals surface area contributed by atoms with E-state index in [0.717, 1.165) is 24.2 Å². The van der Waals surface area contributed by atoms with Crippen LogP contribution in [-0.4, -0.2) is 18.7 Å². The average Bonchev–Trinajstić information content (AvgIpc) is 2.86. The van der Waals surface area contributed by atoms with Crippen molar-refractivity contribution in [3.8, 4) is 11.3 Å². The lowest BCUT2D eigenvalue weighted by Gasteiger charge is -2.12. The van der Waals surface area contributed by atoms with Crippen molar-refractivity contribution in [2.24, 2.45) is 0 Å². The van der Waals surface area contributed by atoms with Gasteiger partial charge in [0, 0.05) is 30.9 Å². The number of nitrogens with zero attached hydrogens (tertiary/aromatic N) is 2. The molecule has 0 radical (unpaired) electrons. The van der Waals surface area contributed by atoms with Gasteiger partial charge in [-0.25, -0.2) is 0 Å². The van der Waals surface area contributed by atoms with Gasteiger partial charge in [-0.3, -0.25) is 0 Å². The summed E-state index contributed by atoms with van der Waals surface area (Å²) in [7, 11) is 2.10. The van der Waals surface area contributed by atoms with Gasteiger partial charge in [0.1, 0.15) is 5.69 Å². The van der Waals surface area contributed by atoms with E-state index in [1.165, 1.54) is 11.3 Å². The fourth-order valence-electron chi connectivity index (χ4n) is 2.25. The number of anilines is 2. The molecule has 3 rings (SSSR count). The Bertz CT molecular complexity index is 533. The Hall–Kier alpha value is -1.97. The van der Waals surface area contributed by atoms with Gasteiger partial charge in [-0.2, -0.15) is 0 Å². The molecule has 0 atom stereocenters. The molecule has 0 amide bonds. The lowest BCUT2D eigenvalue weighted by Crippen LogP contribution is -2.12. The van der Waals surface area contributed by atoms with Gasteiger partial charge in [0.05, 0.1) is 0 Å². The normalized spacial score (nSPS) is 14.2. The second-order valence-electron chi connectivity index (χ2n) is 4.09. The molecule has 4 heteroatoms. The van der Waals surface area contributed by atoms with Crippen molar-refractivity contribution in [3.63, 3.8) is 0 Å². The molecule has 0 saturated carbocycles. The molecule has 1 aromatic carbocycles. The third kappa shape index (κ3) is 1.26. The maximum absolute atomic E-state index is 5.55. The molecular weight excluding hydrogens is 202 g/mol. The number of hydrogen-bond donors (Lipinski definition) is 1. The van der Waals surface area contributed by atoms with Gasteiger partial charge in [0.25, 0.3) is 0 Å². The van der Waals surface area contributed by atoms with E-state index in [2.05, 4.69) is 29.2 Å². The van der Waals surface area contributed by atoms with Crippen molar-refractivity contribution in [3.05, 3.63) is 29.8 Å². The summed E-state index contributed by atoms with van der Waals surface area (Å²) in [6.45, 7) is 1.06. The highest BCUT2D eigenvalue weighted by Crippen LogP contribution is 2.35. The second-order valence-corrected chi connectivity index (χ2v) is 4.09. The number of likely N-dealkylation sites (N-methyl/N-ethyl adjacent to an activating group) is 1. The highest BCUT2D eigenvalue weighted by atomic mass is 16.5. The largest absolute Gasteiger partial charge is 0.374 e. The van der Waals surface area contributed by atoms with Crippen LogP contribution >= 0.6 is 0 Å². The SMILES string of the molecule is CN1CCc2c(-c3cc(N)on3)cccc21. The number of rotatable bonds is 1. The second kappa shape index (κ2) is 3.27. The summed E-state index contributed by atoms with van der Waals surface area (Å²) in [4.78, 5) is 2.25. The molecule has 16 heavy (non-hydrogen) atoms. The lowest BCUT2D eigenvalue weighted by molar-refractivity contribution is 0.439. The summed E-state index contributed by atoms with van der Waals surface area (Å²) in [5.74, 6) is 0.360. The zero-order valence-corrected chi connectivity index (χ0v) is 9.10. The van der Waals surface area contributed by atoms with Crippen molar-refractivity contribution in [2.45, 2.75) is 6.42 Å². The van der Waals surface area contributed by atoms with Crippen molar-refractivity contribution < 1.29 is 4.52 Å². The van der Waals surface area contributed by atoms with Crippen LogP contribution < -0.4 is 10.6 Å². The summed E-state index contributed by atoms with van der Waals surface area (Å²) >= 11 is 0. The van der Waals surface area contributed by atoms with E-state index in [-0.39, 0.29) is 0 Å². The molecule has 4 nitrogen and oxygen atoms in total. The van der Waals surface area contributed by atoms with Crippen LogP contribution in [0.3, 0.4) is 0 Å². The smallest absolute Gasteiger partial charge is 0.222 e. The molecule has 0 saturated heterocycles. The first-order chi connectivity index (χ1) is 7.75. The minimum atomic E-state index is 0.360. The summed E-state index contributed by atoms with van der Waals surface area (Å²) in [6.07, 6.45) is 1.05. The number of nitrogens with two attached hydrogens (primary N) is 1. The van der Waals surface area contributed by atoms with Crippen LogP contribution in [0.4, 0.5) is 11.6 Å². The van der Waals surface area contributed by atoms with Gasteiger partial charge in [0.2, 0.25) is 5.88 Å². The van der Waals surface area contributed by atoms with Gasteiger partial charge in [-0.1, -0.05) is 17.3 Å². The third-order valence-corrected chi connectivity index (χ3v) is 3.06. The molecule has 0 fully saturated rings. The molecule has 0 bridgehead atoms. The van der Waals surface area contributed by atoms with Gasteiger partial charge in [-0.15, -0.1) is 0 Å². The van der Waals surface area contributed by atoms with Gasteiger partial charge in [0.15, 0.2) is 0 Å². The summed E-state index contributed by atoms with van der Waals surface area (Å²) in [5, 5.41) is 3.97. The molecule has 2 heterocycles. The number of benzene rings is 1.